The van der Waals surface area contributed by atoms with Crippen LogP contribution >= 0.6 is 0 Å². The maximum absolute atomic E-state index is 4.34. The van der Waals surface area contributed by atoms with Gasteiger partial charge in [-0.05, 0) is 0 Å². The monoisotopic (exact) mass is 289 g/mol. The molecule has 0 aliphatic carbocycles. The molecule has 0 aromatic carbocycles. The zero-order chi connectivity index (χ0) is 4.24. The van der Waals surface area contributed by atoms with Crippen LogP contribution in [0.1, 0.15) is 0 Å². The van der Waals surface area contributed by atoms with Crippen LogP contribution in [0.15, 0.2) is 0 Å². The minimum Gasteiger partial charge on any atom is -0.457 e. The van der Waals surface area contributed by atoms with Crippen molar-refractivity contribution < 1.29 is 13.7 Å². The van der Waals surface area contributed by atoms with Crippen LogP contribution in [-0.2, 0) is 13.7 Å². The number of hydrogen-bond acceptors (Lipinski definition) is 3. The predicted octanol–water partition coefficient (Wildman–Crippen LogP) is -1.73. The fourth-order valence-electron chi connectivity index (χ4n) is 0.164. The van der Waals surface area contributed by atoms with Gasteiger partial charge in [0.05, 0.1) is 0 Å². The van der Waals surface area contributed by atoms with Crippen molar-refractivity contribution in [1.82, 2.24) is 0 Å². The molecule has 1 heterocycles. The summed E-state index contributed by atoms with van der Waals surface area (Å²) >= 11 is 0. The zero-order valence-electron chi connectivity index (χ0n) is 3.46. The molecule has 0 atom stereocenters. The van der Waals surface area contributed by atoms with E-state index in [0.717, 1.165) is 23.1 Å². The summed E-state index contributed by atoms with van der Waals surface area (Å²) in [6, 6.07) is 0. The summed E-state index contributed by atoms with van der Waals surface area (Å²) in [6.07, 6.45) is 0. The number of hydrogen-bond donors (Lipinski definition) is 0. The fraction of sp³-hybridized carbons (Fsp3) is 0. The summed E-state index contributed by atoms with van der Waals surface area (Å²) in [7, 11) is 3.47. The first kappa shape index (κ1) is 8.00. The van der Waals surface area contributed by atoms with Crippen molar-refractivity contribution in [3.63, 3.8) is 0 Å². The first-order valence-corrected chi connectivity index (χ1v) is 1.41. The van der Waals surface area contributed by atoms with Crippen LogP contribution < -0.4 is 0 Å². The van der Waals surface area contributed by atoms with E-state index in [2.05, 4.69) is 13.7 Å². The van der Waals surface area contributed by atoms with Gasteiger partial charge >= 0.3 is 23.1 Å². The van der Waals surface area contributed by atoms with E-state index in [1.807, 2.05) is 0 Å². The first-order valence-electron chi connectivity index (χ1n) is 1.41. The van der Waals surface area contributed by atoms with E-state index < -0.39 is 0 Å². The molecule has 0 unspecified atom stereocenters. The van der Waals surface area contributed by atoms with Crippen LogP contribution in [0.25, 0.3) is 0 Å². The van der Waals surface area contributed by atoms with Crippen LogP contribution in [0.2, 0.25) is 0 Å². The van der Waals surface area contributed by atoms with Crippen molar-refractivity contribution in [2.24, 2.45) is 0 Å². The third-order valence-corrected chi connectivity index (χ3v) is 0.333. The van der Waals surface area contributed by atoms with Gasteiger partial charge in [-0.25, -0.2) is 0 Å². The van der Waals surface area contributed by atoms with Gasteiger partial charge in [0.15, 0.2) is 0 Å². The molecule has 1 rings (SSSR count). The Morgan fingerprint density at radius 3 is 1.14 bits per heavy atom. The van der Waals surface area contributed by atoms with Gasteiger partial charge < -0.3 is 13.7 Å². The van der Waals surface area contributed by atoms with Crippen molar-refractivity contribution in [2.75, 3.05) is 0 Å². The average molecular weight is 288 g/mol. The van der Waals surface area contributed by atoms with E-state index in [1.54, 1.807) is 0 Å². The molecule has 0 aromatic heterocycles. The molecule has 3 nitrogen and oxygen atoms in total. The SMILES string of the molecule is [B]1O[B]O[B]O1.[Pb]. The third-order valence-electron chi connectivity index (χ3n) is 0.333. The molecular formula is B3O3Pb. The maximum Gasteiger partial charge on any atom is 0.457 e. The normalized spacial score (nSPS) is 17.1. The summed E-state index contributed by atoms with van der Waals surface area (Å²) in [6.45, 7) is 0. The minimum absolute atomic E-state index is 0. The summed E-state index contributed by atoms with van der Waals surface area (Å²) in [4.78, 5) is 0. The van der Waals surface area contributed by atoms with Crippen molar-refractivity contribution in [2.45, 2.75) is 0 Å². The predicted molar refractivity (Wildman–Crippen MR) is 26.3 cm³/mol. The van der Waals surface area contributed by atoms with E-state index in [1.165, 1.54) is 0 Å². The molecule has 1 aliphatic heterocycles. The largest absolute Gasteiger partial charge is 0.457 e. The van der Waals surface area contributed by atoms with Crippen molar-refractivity contribution in [3.05, 3.63) is 0 Å². The van der Waals surface area contributed by atoms with Gasteiger partial charge in [-0.15, -0.1) is 0 Å². The maximum atomic E-state index is 4.34. The summed E-state index contributed by atoms with van der Waals surface area (Å²) in [5.41, 5.74) is 0. The number of rotatable bonds is 0. The molecule has 0 bridgehead atoms. The fourth-order valence-corrected chi connectivity index (χ4v) is 0.164. The van der Waals surface area contributed by atoms with Crippen LogP contribution in [0.5, 0.6) is 0 Å². The summed E-state index contributed by atoms with van der Waals surface area (Å²) < 4.78 is 13.0. The molecule has 7 heavy (non-hydrogen) atoms. The van der Waals surface area contributed by atoms with Gasteiger partial charge in [-0.1, -0.05) is 0 Å². The average Bonchev–Trinajstić information content (AvgIpc) is 1.72. The molecule has 0 saturated carbocycles. The minimum atomic E-state index is 0. The van der Waals surface area contributed by atoms with Crippen molar-refractivity contribution in [3.8, 4) is 0 Å². The molecule has 31 valence electrons. The third kappa shape index (κ3) is 3.57. The Bertz CT molecular complexity index is 25.7. The van der Waals surface area contributed by atoms with Gasteiger partial charge in [0.25, 0.3) is 0 Å². The Morgan fingerprint density at radius 2 is 1.00 bits per heavy atom. The van der Waals surface area contributed by atoms with Crippen molar-refractivity contribution >= 4 is 50.4 Å². The Morgan fingerprint density at radius 1 is 0.714 bits per heavy atom. The standard InChI is InChI=1S/B3O3.Pb/c1-4-2-6-3-5-1;. The van der Waals surface area contributed by atoms with E-state index in [4.69, 9.17) is 0 Å². The smallest absolute Gasteiger partial charge is 0.457 e. The van der Waals surface area contributed by atoms with E-state index >= 15 is 0 Å². The van der Waals surface area contributed by atoms with Crippen molar-refractivity contribution in [1.29, 1.82) is 0 Å². The second-order valence-electron chi connectivity index (χ2n) is 0.697. The molecule has 0 N–H and O–H groups in total. The Hall–Kier alpha value is 0.997. The quantitative estimate of drug-likeness (QED) is 0.496. The second kappa shape index (κ2) is 5.14. The van der Waals surface area contributed by atoms with Crippen LogP contribution in [0.3, 0.4) is 0 Å². The van der Waals surface area contributed by atoms with Crippen LogP contribution in [0, 0.1) is 0 Å². The van der Waals surface area contributed by atoms with E-state index in [-0.39, 0.29) is 27.3 Å². The first-order chi connectivity index (χ1) is 3.00. The topological polar surface area (TPSA) is 27.7 Å². The molecule has 1 fully saturated rings. The molecule has 7 heteroatoms. The zero-order valence-corrected chi connectivity index (χ0v) is 7.34. The van der Waals surface area contributed by atoms with Gasteiger partial charge in [0, 0.05) is 27.3 Å². The second-order valence-corrected chi connectivity index (χ2v) is 0.697. The van der Waals surface area contributed by atoms with Gasteiger partial charge in [0.1, 0.15) is 0 Å². The molecule has 1 saturated heterocycles. The van der Waals surface area contributed by atoms with E-state index in [9.17, 15) is 0 Å². The van der Waals surface area contributed by atoms with Gasteiger partial charge in [0.2, 0.25) is 0 Å². The molecule has 1 aliphatic rings. The molecule has 0 spiro atoms. The van der Waals surface area contributed by atoms with Gasteiger partial charge in [-0.3, -0.25) is 0 Å². The summed E-state index contributed by atoms with van der Waals surface area (Å²) in [5, 5.41) is 0. The Labute approximate surface area is 64.2 Å². The van der Waals surface area contributed by atoms with E-state index in [0.29, 0.717) is 0 Å². The Kier molecular flexibility index (Phi) is 5.87. The van der Waals surface area contributed by atoms with Crippen LogP contribution in [-0.4, -0.2) is 50.4 Å². The molecule has 0 amide bonds. The molecular weight excluding hydrogens is 288 g/mol. The Balaban J connectivity index is 0.000000360. The summed E-state index contributed by atoms with van der Waals surface area (Å²) in [5.74, 6) is 0. The van der Waals surface area contributed by atoms with Crippen LogP contribution in [0.4, 0.5) is 0 Å². The molecule has 7 radical (unpaired) electrons. The van der Waals surface area contributed by atoms with Gasteiger partial charge in [-0.2, -0.15) is 0 Å². The molecule has 0 aromatic rings.